The molecule has 2 atom stereocenters. The van der Waals surface area contributed by atoms with Crippen LogP contribution in [0, 0.1) is 5.92 Å². The van der Waals surface area contributed by atoms with Crippen LogP contribution >= 0.6 is 11.6 Å². The van der Waals surface area contributed by atoms with E-state index in [0.29, 0.717) is 10.6 Å². The van der Waals surface area contributed by atoms with Crippen molar-refractivity contribution in [1.29, 1.82) is 0 Å². The van der Waals surface area contributed by atoms with Crippen molar-refractivity contribution < 1.29 is 9.90 Å². The summed E-state index contributed by atoms with van der Waals surface area (Å²) in [5.41, 5.74) is 2.13. The monoisotopic (exact) mass is 359 g/mol. The van der Waals surface area contributed by atoms with Gasteiger partial charge in [0.1, 0.15) is 0 Å². The number of carbonyl (C=O) groups excluding carboxylic acids is 1. The number of nitrogens with one attached hydrogen (secondary N) is 1. The Morgan fingerprint density at radius 1 is 1.40 bits per heavy atom. The number of hydrogen-bond donors (Lipinski definition) is 2. The molecule has 3 rings (SSSR count). The molecule has 0 saturated carbocycles. The van der Waals surface area contributed by atoms with Crippen LogP contribution in [-0.4, -0.2) is 33.4 Å². The SMILES string of the molecule is CC(C)c1c(C(=O)N[C@@H]2C=C[C@H](CO)C2)cnn1-c1ccccc1Cl. The van der Waals surface area contributed by atoms with Gasteiger partial charge in [0.15, 0.2) is 0 Å². The number of rotatable bonds is 5. The van der Waals surface area contributed by atoms with Gasteiger partial charge in [0, 0.05) is 18.6 Å². The van der Waals surface area contributed by atoms with E-state index < -0.39 is 0 Å². The van der Waals surface area contributed by atoms with E-state index >= 15 is 0 Å². The van der Waals surface area contributed by atoms with Crippen molar-refractivity contribution in [2.75, 3.05) is 6.61 Å². The molecular weight excluding hydrogens is 338 g/mol. The lowest BCUT2D eigenvalue weighted by atomic mass is 10.0. The highest BCUT2D eigenvalue weighted by Gasteiger charge is 2.25. The van der Waals surface area contributed by atoms with Crippen LogP contribution in [0.4, 0.5) is 0 Å². The lowest BCUT2D eigenvalue weighted by Crippen LogP contribution is -2.33. The number of nitrogens with zero attached hydrogens (tertiary/aromatic N) is 2. The summed E-state index contributed by atoms with van der Waals surface area (Å²) in [6.45, 7) is 4.15. The maximum Gasteiger partial charge on any atom is 0.255 e. The Balaban J connectivity index is 1.89. The highest BCUT2D eigenvalue weighted by Crippen LogP contribution is 2.27. The molecule has 2 N–H and O–H groups in total. The highest BCUT2D eigenvalue weighted by molar-refractivity contribution is 6.32. The summed E-state index contributed by atoms with van der Waals surface area (Å²) < 4.78 is 1.74. The molecule has 0 radical (unpaired) electrons. The van der Waals surface area contributed by atoms with Gasteiger partial charge in [-0.2, -0.15) is 5.10 Å². The molecule has 1 aliphatic carbocycles. The number of halogens is 1. The second-order valence-corrected chi connectivity index (χ2v) is 7.01. The lowest BCUT2D eigenvalue weighted by molar-refractivity contribution is 0.0939. The van der Waals surface area contributed by atoms with E-state index in [9.17, 15) is 9.90 Å². The molecule has 5 nitrogen and oxygen atoms in total. The van der Waals surface area contributed by atoms with Crippen LogP contribution in [0.25, 0.3) is 5.69 Å². The van der Waals surface area contributed by atoms with Crippen LogP contribution < -0.4 is 5.32 Å². The Morgan fingerprint density at radius 3 is 2.80 bits per heavy atom. The van der Waals surface area contributed by atoms with Gasteiger partial charge >= 0.3 is 0 Å². The standard InChI is InChI=1S/C19H22ClN3O2/c1-12(2)18-15(19(25)22-14-8-7-13(9-14)11-24)10-21-23(18)17-6-4-3-5-16(17)20/h3-8,10,12-14,24H,9,11H2,1-2H3,(H,22,25)/t13-,14+/m0/s1. The maximum atomic E-state index is 12.8. The van der Waals surface area contributed by atoms with Gasteiger partial charge in [0.05, 0.1) is 28.2 Å². The van der Waals surface area contributed by atoms with E-state index in [4.69, 9.17) is 11.6 Å². The van der Waals surface area contributed by atoms with Gasteiger partial charge in [-0.1, -0.05) is 49.7 Å². The number of carbonyl (C=O) groups is 1. The average Bonchev–Trinajstić information content (AvgIpc) is 3.21. The minimum absolute atomic E-state index is 0.0617. The van der Waals surface area contributed by atoms with Gasteiger partial charge < -0.3 is 10.4 Å². The first kappa shape index (κ1) is 17.7. The fourth-order valence-corrected chi connectivity index (χ4v) is 3.38. The maximum absolute atomic E-state index is 12.8. The van der Waals surface area contributed by atoms with Crippen molar-refractivity contribution in [2.45, 2.75) is 32.2 Å². The zero-order chi connectivity index (χ0) is 18.0. The number of aromatic nitrogens is 2. The van der Waals surface area contributed by atoms with Crippen LogP contribution in [0.2, 0.25) is 5.02 Å². The fraction of sp³-hybridized carbons (Fsp3) is 0.368. The van der Waals surface area contributed by atoms with Crippen LogP contribution in [-0.2, 0) is 0 Å². The molecule has 25 heavy (non-hydrogen) atoms. The summed E-state index contributed by atoms with van der Waals surface area (Å²) in [6, 6.07) is 7.39. The van der Waals surface area contributed by atoms with E-state index in [1.54, 1.807) is 16.9 Å². The molecule has 0 unspecified atom stereocenters. The van der Waals surface area contributed by atoms with Crippen molar-refractivity contribution in [3.8, 4) is 5.69 Å². The van der Waals surface area contributed by atoms with Gasteiger partial charge in [-0.15, -0.1) is 0 Å². The third kappa shape index (κ3) is 3.62. The Labute approximate surface area is 152 Å². The minimum atomic E-state index is -0.157. The average molecular weight is 360 g/mol. The van der Waals surface area contributed by atoms with Crippen molar-refractivity contribution in [3.05, 3.63) is 58.9 Å². The molecule has 0 aliphatic heterocycles. The van der Waals surface area contributed by atoms with Gasteiger partial charge in [-0.3, -0.25) is 4.79 Å². The van der Waals surface area contributed by atoms with Gasteiger partial charge in [-0.25, -0.2) is 4.68 Å². The van der Waals surface area contributed by atoms with E-state index in [0.717, 1.165) is 17.8 Å². The first-order chi connectivity index (χ1) is 12.0. The van der Waals surface area contributed by atoms with Crippen molar-refractivity contribution in [3.63, 3.8) is 0 Å². The Bertz CT molecular complexity index is 798. The van der Waals surface area contributed by atoms with Crippen LogP contribution in [0.5, 0.6) is 0 Å². The van der Waals surface area contributed by atoms with Crippen molar-refractivity contribution >= 4 is 17.5 Å². The molecule has 2 aromatic rings. The van der Waals surface area contributed by atoms with Crippen molar-refractivity contribution in [1.82, 2.24) is 15.1 Å². The summed E-state index contributed by atoms with van der Waals surface area (Å²) in [5, 5.41) is 17.2. The first-order valence-electron chi connectivity index (χ1n) is 8.44. The highest BCUT2D eigenvalue weighted by atomic mass is 35.5. The van der Waals surface area contributed by atoms with Crippen LogP contribution in [0.15, 0.2) is 42.6 Å². The molecule has 0 bridgehead atoms. The molecule has 1 aliphatic rings. The third-order valence-corrected chi connectivity index (χ3v) is 4.72. The van der Waals surface area contributed by atoms with Gasteiger partial charge in [0.2, 0.25) is 0 Å². The quantitative estimate of drug-likeness (QED) is 0.805. The fourth-order valence-electron chi connectivity index (χ4n) is 3.17. The van der Waals surface area contributed by atoms with E-state index in [1.807, 2.05) is 44.2 Å². The molecule has 1 heterocycles. The van der Waals surface area contributed by atoms with Crippen LogP contribution in [0.3, 0.4) is 0 Å². The predicted molar refractivity (Wildman–Crippen MR) is 98.3 cm³/mol. The van der Waals surface area contributed by atoms with Crippen molar-refractivity contribution in [2.24, 2.45) is 5.92 Å². The second kappa shape index (κ2) is 7.42. The van der Waals surface area contributed by atoms with E-state index in [2.05, 4.69) is 10.4 Å². The number of para-hydroxylation sites is 1. The Kier molecular flexibility index (Phi) is 5.25. The Hall–Kier alpha value is -2.11. The molecule has 132 valence electrons. The zero-order valence-corrected chi connectivity index (χ0v) is 15.1. The van der Waals surface area contributed by atoms with E-state index in [-0.39, 0.29) is 30.4 Å². The number of aliphatic hydroxyl groups is 1. The van der Waals surface area contributed by atoms with Gasteiger partial charge in [0.25, 0.3) is 5.91 Å². The second-order valence-electron chi connectivity index (χ2n) is 6.60. The number of hydrogen-bond acceptors (Lipinski definition) is 3. The minimum Gasteiger partial charge on any atom is -0.396 e. The molecule has 6 heteroatoms. The van der Waals surface area contributed by atoms with Gasteiger partial charge in [-0.05, 0) is 24.5 Å². The van der Waals surface area contributed by atoms with Crippen LogP contribution in [0.1, 0.15) is 42.2 Å². The Morgan fingerprint density at radius 2 is 2.16 bits per heavy atom. The summed E-state index contributed by atoms with van der Waals surface area (Å²) in [5.74, 6) is 0.0554. The smallest absolute Gasteiger partial charge is 0.255 e. The molecule has 1 aromatic carbocycles. The largest absolute Gasteiger partial charge is 0.396 e. The molecule has 0 fully saturated rings. The van der Waals surface area contributed by atoms with E-state index in [1.165, 1.54) is 0 Å². The number of amides is 1. The summed E-state index contributed by atoms with van der Waals surface area (Å²) in [6.07, 6.45) is 6.20. The zero-order valence-electron chi connectivity index (χ0n) is 14.3. The summed E-state index contributed by atoms with van der Waals surface area (Å²) >= 11 is 6.30. The normalized spacial score (nSPS) is 19.6. The first-order valence-corrected chi connectivity index (χ1v) is 8.82. The molecule has 1 aromatic heterocycles. The molecule has 0 spiro atoms. The molecular formula is C19H22ClN3O2. The molecule has 0 saturated heterocycles. The third-order valence-electron chi connectivity index (χ3n) is 4.40. The summed E-state index contributed by atoms with van der Waals surface area (Å²) in [4.78, 5) is 12.8. The summed E-state index contributed by atoms with van der Waals surface area (Å²) in [7, 11) is 0. The number of aliphatic hydroxyl groups excluding tert-OH is 1. The predicted octanol–water partition coefficient (Wildman–Crippen LogP) is 3.32. The topological polar surface area (TPSA) is 67.2 Å². The lowest BCUT2D eigenvalue weighted by Gasteiger charge is -2.16. The number of benzene rings is 1. The molecule has 1 amide bonds.